The van der Waals surface area contributed by atoms with Crippen molar-refractivity contribution in [2.45, 2.75) is 26.7 Å². The van der Waals surface area contributed by atoms with Gasteiger partial charge in [0, 0.05) is 4.47 Å². The van der Waals surface area contributed by atoms with Crippen molar-refractivity contribution in [3.63, 3.8) is 0 Å². The molecule has 0 aliphatic carbocycles. The maximum atomic E-state index is 8.86. The third kappa shape index (κ3) is 1.92. The van der Waals surface area contributed by atoms with Crippen LogP contribution in [-0.4, -0.2) is 4.98 Å². The lowest BCUT2D eigenvalue weighted by Crippen LogP contribution is -2.00. The van der Waals surface area contributed by atoms with E-state index in [0.717, 1.165) is 15.7 Å². The summed E-state index contributed by atoms with van der Waals surface area (Å²) in [5, 5.41) is 9.15. The molecular formula is C10H10BrClN2. The highest BCUT2D eigenvalue weighted by atomic mass is 79.9. The van der Waals surface area contributed by atoms with E-state index in [1.54, 1.807) is 0 Å². The predicted molar refractivity (Wildman–Crippen MR) is 60.5 cm³/mol. The van der Waals surface area contributed by atoms with Crippen LogP contribution in [0.15, 0.2) is 4.47 Å². The lowest BCUT2D eigenvalue weighted by Gasteiger charge is -2.11. The van der Waals surface area contributed by atoms with Crippen molar-refractivity contribution in [2.75, 3.05) is 0 Å². The van der Waals surface area contributed by atoms with E-state index in [0.29, 0.717) is 5.56 Å². The number of pyridine rings is 1. The molecular weight excluding hydrogens is 263 g/mol. The molecule has 4 heteroatoms. The van der Waals surface area contributed by atoms with Gasteiger partial charge >= 0.3 is 0 Å². The Morgan fingerprint density at radius 2 is 2.07 bits per heavy atom. The summed E-state index contributed by atoms with van der Waals surface area (Å²) in [5.41, 5.74) is 2.20. The molecule has 0 spiro atoms. The topological polar surface area (TPSA) is 36.7 Å². The number of aromatic nitrogens is 1. The Labute approximate surface area is 97.0 Å². The Hall–Kier alpha value is -0.590. The van der Waals surface area contributed by atoms with E-state index in [9.17, 15) is 0 Å². The Bertz CT molecular complexity index is 408. The van der Waals surface area contributed by atoms with Gasteiger partial charge in [0.2, 0.25) is 0 Å². The molecule has 74 valence electrons. The van der Waals surface area contributed by atoms with E-state index >= 15 is 0 Å². The summed E-state index contributed by atoms with van der Waals surface area (Å²) < 4.78 is 0.883. The first-order valence-corrected chi connectivity index (χ1v) is 5.41. The minimum absolute atomic E-state index is 0.285. The summed E-state index contributed by atoms with van der Waals surface area (Å²) in [7, 11) is 0. The van der Waals surface area contributed by atoms with E-state index in [1.165, 1.54) is 0 Å². The molecule has 0 aromatic carbocycles. The van der Waals surface area contributed by atoms with E-state index in [1.807, 2.05) is 26.8 Å². The van der Waals surface area contributed by atoms with Crippen LogP contribution in [0.2, 0.25) is 5.15 Å². The fourth-order valence-corrected chi connectivity index (χ4v) is 2.20. The summed E-state index contributed by atoms with van der Waals surface area (Å²) in [6.07, 6.45) is 0. The van der Waals surface area contributed by atoms with Gasteiger partial charge in [-0.15, -0.1) is 0 Å². The molecule has 1 rings (SSSR count). The fourth-order valence-electron chi connectivity index (χ4n) is 1.18. The van der Waals surface area contributed by atoms with Gasteiger partial charge < -0.3 is 0 Å². The molecule has 1 heterocycles. The number of halogens is 2. The highest BCUT2D eigenvalue weighted by Gasteiger charge is 2.15. The smallest absolute Gasteiger partial charge is 0.147 e. The Morgan fingerprint density at radius 1 is 1.50 bits per heavy atom. The van der Waals surface area contributed by atoms with Crippen LogP contribution in [0.1, 0.15) is 36.6 Å². The monoisotopic (exact) mass is 272 g/mol. The van der Waals surface area contributed by atoms with Crippen LogP contribution in [0, 0.1) is 18.3 Å². The van der Waals surface area contributed by atoms with Crippen LogP contribution in [0.5, 0.6) is 0 Å². The zero-order chi connectivity index (χ0) is 10.9. The number of nitriles is 1. The molecule has 0 atom stereocenters. The number of rotatable bonds is 1. The van der Waals surface area contributed by atoms with Gasteiger partial charge in [0.25, 0.3) is 0 Å². The second kappa shape index (κ2) is 4.29. The molecule has 14 heavy (non-hydrogen) atoms. The third-order valence-electron chi connectivity index (χ3n) is 2.01. The molecule has 0 aliphatic heterocycles. The highest BCUT2D eigenvalue weighted by molar-refractivity contribution is 9.10. The standard InChI is InChI=1S/C10H10BrClN2/c1-5(2)9-8(11)6(3)7(4-13)10(12)14-9/h5H,1-3H3. The molecule has 0 saturated carbocycles. The summed E-state index contributed by atoms with van der Waals surface area (Å²) in [6.45, 7) is 5.94. The van der Waals surface area contributed by atoms with Crippen molar-refractivity contribution in [1.82, 2.24) is 4.98 Å². The molecule has 0 saturated heterocycles. The Morgan fingerprint density at radius 3 is 2.50 bits per heavy atom. The molecule has 0 fully saturated rings. The van der Waals surface area contributed by atoms with Crippen LogP contribution in [-0.2, 0) is 0 Å². The van der Waals surface area contributed by atoms with Crippen LogP contribution in [0.25, 0.3) is 0 Å². The zero-order valence-corrected chi connectivity index (χ0v) is 10.6. The van der Waals surface area contributed by atoms with Crippen molar-refractivity contribution in [3.05, 3.63) is 26.4 Å². The van der Waals surface area contributed by atoms with Crippen molar-refractivity contribution in [2.24, 2.45) is 0 Å². The molecule has 0 unspecified atom stereocenters. The van der Waals surface area contributed by atoms with Crippen LogP contribution in [0.4, 0.5) is 0 Å². The van der Waals surface area contributed by atoms with Crippen molar-refractivity contribution >= 4 is 27.5 Å². The van der Waals surface area contributed by atoms with Gasteiger partial charge in [-0.25, -0.2) is 4.98 Å². The summed E-state index contributed by atoms with van der Waals surface area (Å²) in [6, 6.07) is 2.05. The minimum atomic E-state index is 0.285. The first-order valence-electron chi connectivity index (χ1n) is 4.24. The normalized spacial score (nSPS) is 10.4. The van der Waals surface area contributed by atoms with Crippen molar-refractivity contribution in [3.8, 4) is 6.07 Å². The number of hydrogen-bond acceptors (Lipinski definition) is 2. The molecule has 0 radical (unpaired) electrons. The maximum absolute atomic E-state index is 8.86. The second-order valence-electron chi connectivity index (χ2n) is 3.37. The van der Waals surface area contributed by atoms with E-state index in [-0.39, 0.29) is 11.1 Å². The van der Waals surface area contributed by atoms with E-state index in [2.05, 4.69) is 20.9 Å². The second-order valence-corrected chi connectivity index (χ2v) is 4.52. The molecule has 1 aromatic rings. The lowest BCUT2D eigenvalue weighted by molar-refractivity contribution is 0.812. The highest BCUT2D eigenvalue weighted by Crippen LogP contribution is 2.31. The average Bonchev–Trinajstić information content (AvgIpc) is 2.12. The summed E-state index contributed by atoms with van der Waals surface area (Å²) in [4.78, 5) is 4.20. The van der Waals surface area contributed by atoms with Crippen LogP contribution >= 0.6 is 27.5 Å². The minimum Gasteiger partial charge on any atom is -0.238 e. The summed E-state index contributed by atoms with van der Waals surface area (Å²) >= 11 is 9.33. The molecule has 2 nitrogen and oxygen atoms in total. The van der Waals surface area contributed by atoms with Gasteiger partial charge in [0.15, 0.2) is 0 Å². The molecule has 1 aromatic heterocycles. The molecule has 0 aliphatic rings. The van der Waals surface area contributed by atoms with Crippen molar-refractivity contribution in [1.29, 1.82) is 5.26 Å². The molecule has 0 bridgehead atoms. The van der Waals surface area contributed by atoms with Gasteiger partial charge in [-0.05, 0) is 34.3 Å². The Kier molecular flexibility index (Phi) is 3.52. The summed E-state index contributed by atoms with van der Waals surface area (Å²) in [5.74, 6) is 0.285. The van der Waals surface area contributed by atoms with Crippen LogP contribution < -0.4 is 0 Å². The van der Waals surface area contributed by atoms with Gasteiger partial charge in [-0.1, -0.05) is 25.4 Å². The van der Waals surface area contributed by atoms with Gasteiger partial charge in [-0.3, -0.25) is 0 Å². The largest absolute Gasteiger partial charge is 0.238 e. The fraction of sp³-hybridized carbons (Fsp3) is 0.400. The van der Waals surface area contributed by atoms with Crippen molar-refractivity contribution < 1.29 is 0 Å². The third-order valence-corrected chi connectivity index (χ3v) is 3.29. The van der Waals surface area contributed by atoms with E-state index in [4.69, 9.17) is 16.9 Å². The quantitative estimate of drug-likeness (QED) is 0.730. The first kappa shape index (κ1) is 11.5. The zero-order valence-electron chi connectivity index (χ0n) is 8.23. The average molecular weight is 274 g/mol. The van der Waals surface area contributed by atoms with Gasteiger partial charge in [0.1, 0.15) is 11.2 Å². The molecule has 0 N–H and O–H groups in total. The Balaban J connectivity index is 3.50. The van der Waals surface area contributed by atoms with Gasteiger partial charge in [-0.2, -0.15) is 5.26 Å². The maximum Gasteiger partial charge on any atom is 0.147 e. The number of nitrogens with zero attached hydrogens (tertiary/aromatic N) is 2. The predicted octanol–water partition coefficient (Wildman–Crippen LogP) is 3.80. The SMILES string of the molecule is Cc1c(Br)c(C(C)C)nc(Cl)c1C#N. The number of hydrogen-bond donors (Lipinski definition) is 0. The van der Waals surface area contributed by atoms with E-state index < -0.39 is 0 Å². The first-order chi connectivity index (χ1) is 6.49. The van der Waals surface area contributed by atoms with Gasteiger partial charge in [0.05, 0.1) is 11.3 Å². The molecule has 0 amide bonds. The lowest BCUT2D eigenvalue weighted by atomic mass is 10.1. The van der Waals surface area contributed by atoms with Crippen LogP contribution in [0.3, 0.4) is 0 Å².